The molecule has 3 aromatic rings. The van der Waals surface area contributed by atoms with Crippen LogP contribution in [0.5, 0.6) is 11.5 Å². The van der Waals surface area contributed by atoms with Crippen molar-refractivity contribution >= 4 is 45.6 Å². The van der Waals surface area contributed by atoms with Gasteiger partial charge in [0.25, 0.3) is 0 Å². The summed E-state index contributed by atoms with van der Waals surface area (Å²) in [5, 5.41) is 5.85. The van der Waals surface area contributed by atoms with Gasteiger partial charge in [0.2, 0.25) is 0 Å². The molecule has 168 valence electrons. The first kappa shape index (κ1) is 23.6. The summed E-state index contributed by atoms with van der Waals surface area (Å²) in [5.41, 5.74) is 2.71. The number of amides is 2. The highest BCUT2D eigenvalue weighted by Crippen LogP contribution is 2.19. The molecule has 0 fully saturated rings. The van der Waals surface area contributed by atoms with Crippen molar-refractivity contribution in [1.29, 1.82) is 0 Å². The van der Waals surface area contributed by atoms with Crippen molar-refractivity contribution in [2.24, 2.45) is 5.10 Å². The van der Waals surface area contributed by atoms with Crippen LogP contribution in [-0.2, 0) is 9.59 Å². The largest absolute Gasteiger partial charge is 0.497 e. The van der Waals surface area contributed by atoms with Gasteiger partial charge in [-0.2, -0.15) is 5.10 Å². The van der Waals surface area contributed by atoms with Crippen LogP contribution in [0.1, 0.15) is 15.9 Å². The molecule has 0 aliphatic rings. The summed E-state index contributed by atoms with van der Waals surface area (Å²) in [4.78, 5) is 36.1. The fourth-order valence-corrected chi connectivity index (χ4v) is 2.89. The monoisotopic (exact) mass is 513 g/mol. The number of esters is 1. The van der Waals surface area contributed by atoms with Crippen LogP contribution in [0.4, 0.5) is 10.1 Å². The lowest BCUT2D eigenvalue weighted by Gasteiger charge is -2.06. The number of anilines is 1. The van der Waals surface area contributed by atoms with Crippen molar-refractivity contribution in [3.8, 4) is 11.5 Å². The van der Waals surface area contributed by atoms with Gasteiger partial charge < -0.3 is 14.8 Å². The summed E-state index contributed by atoms with van der Waals surface area (Å²) in [6, 6.07) is 16.9. The predicted octanol–water partition coefficient (Wildman–Crippen LogP) is 3.90. The maximum absolute atomic E-state index is 13.8. The average Bonchev–Trinajstić information content (AvgIpc) is 2.81. The quantitative estimate of drug-likeness (QED) is 0.171. The third-order valence-electron chi connectivity index (χ3n) is 4.14. The molecule has 0 aliphatic heterocycles. The zero-order valence-electron chi connectivity index (χ0n) is 17.2. The Hall–Kier alpha value is -4.05. The lowest BCUT2D eigenvalue weighted by Crippen LogP contribution is -2.32. The topological polar surface area (TPSA) is 106 Å². The Bertz CT molecular complexity index is 1230. The van der Waals surface area contributed by atoms with Crippen LogP contribution in [0.2, 0.25) is 0 Å². The van der Waals surface area contributed by atoms with E-state index in [9.17, 15) is 18.8 Å². The molecule has 0 aromatic heterocycles. The number of benzene rings is 3. The second-order valence-electron chi connectivity index (χ2n) is 6.47. The van der Waals surface area contributed by atoms with Gasteiger partial charge in [-0.05, 0) is 54.1 Å². The highest BCUT2D eigenvalue weighted by molar-refractivity contribution is 9.10. The number of hydrazone groups is 1. The normalized spacial score (nSPS) is 10.5. The van der Waals surface area contributed by atoms with Gasteiger partial charge in [0.1, 0.15) is 17.3 Å². The SMILES string of the molecule is COc1cccc(C(=O)Oc2cccc(C=NNC(=O)C(=O)Nc3ccc(Br)cc3F)c2)c1. The molecule has 2 N–H and O–H groups in total. The van der Waals surface area contributed by atoms with Crippen molar-refractivity contribution in [3.63, 3.8) is 0 Å². The number of nitrogens with zero attached hydrogens (tertiary/aromatic N) is 1. The molecular weight excluding hydrogens is 497 g/mol. The summed E-state index contributed by atoms with van der Waals surface area (Å²) >= 11 is 3.10. The van der Waals surface area contributed by atoms with Gasteiger partial charge in [0.15, 0.2) is 0 Å². The number of halogens is 2. The highest BCUT2D eigenvalue weighted by atomic mass is 79.9. The fraction of sp³-hybridized carbons (Fsp3) is 0.0435. The van der Waals surface area contributed by atoms with Gasteiger partial charge in [-0.15, -0.1) is 0 Å². The minimum Gasteiger partial charge on any atom is -0.497 e. The van der Waals surface area contributed by atoms with Crippen LogP contribution in [-0.4, -0.2) is 31.1 Å². The van der Waals surface area contributed by atoms with Crippen LogP contribution < -0.4 is 20.2 Å². The molecule has 0 atom stereocenters. The zero-order chi connectivity index (χ0) is 23.8. The maximum atomic E-state index is 13.8. The van der Waals surface area contributed by atoms with E-state index in [-0.39, 0.29) is 11.4 Å². The molecule has 33 heavy (non-hydrogen) atoms. The lowest BCUT2D eigenvalue weighted by atomic mass is 10.2. The Morgan fingerprint density at radius 1 is 0.970 bits per heavy atom. The Morgan fingerprint density at radius 2 is 1.73 bits per heavy atom. The number of carbonyl (C=O) groups is 3. The van der Waals surface area contributed by atoms with E-state index >= 15 is 0 Å². The first-order chi connectivity index (χ1) is 15.9. The highest BCUT2D eigenvalue weighted by Gasteiger charge is 2.15. The first-order valence-corrected chi connectivity index (χ1v) is 10.2. The van der Waals surface area contributed by atoms with Crippen LogP contribution in [0.25, 0.3) is 0 Å². The molecule has 3 aromatic carbocycles. The molecule has 0 saturated carbocycles. The van der Waals surface area contributed by atoms with E-state index in [0.29, 0.717) is 21.3 Å². The van der Waals surface area contributed by atoms with E-state index < -0.39 is 23.6 Å². The third kappa shape index (κ3) is 6.71. The third-order valence-corrected chi connectivity index (χ3v) is 4.63. The number of methoxy groups -OCH3 is 1. The van der Waals surface area contributed by atoms with Gasteiger partial charge >= 0.3 is 17.8 Å². The minimum atomic E-state index is -1.09. The van der Waals surface area contributed by atoms with Gasteiger partial charge in [0.05, 0.1) is 24.6 Å². The molecule has 0 aliphatic carbocycles. The molecule has 0 bridgehead atoms. The Kier molecular flexibility index (Phi) is 7.87. The first-order valence-electron chi connectivity index (χ1n) is 9.41. The number of nitrogens with one attached hydrogen (secondary N) is 2. The number of rotatable bonds is 6. The van der Waals surface area contributed by atoms with E-state index in [1.807, 2.05) is 5.43 Å². The molecule has 0 heterocycles. The Balaban J connectivity index is 1.58. The zero-order valence-corrected chi connectivity index (χ0v) is 18.8. The number of hydrogen-bond acceptors (Lipinski definition) is 6. The minimum absolute atomic E-state index is 0.145. The van der Waals surface area contributed by atoms with Crippen LogP contribution in [0.15, 0.2) is 76.3 Å². The van der Waals surface area contributed by atoms with Crippen molar-refractivity contribution in [3.05, 3.63) is 88.1 Å². The molecule has 3 rings (SSSR count). The number of ether oxygens (including phenoxy) is 2. The number of carbonyl (C=O) groups excluding carboxylic acids is 3. The van der Waals surface area contributed by atoms with Gasteiger partial charge in [-0.3, -0.25) is 9.59 Å². The molecule has 0 spiro atoms. The standard InChI is InChI=1S/C23H17BrFN3O5/c1-32-17-6-3-5-15(11-17)23(31)33-18-7-2-4-14(10-18)13-26-28-22(30)21(29)27-20-9-8-16(24)12-19(20)25/h2-13H,1H3,(H,27,29)(H,28,30). The van der Waals surface area contributed by atoms with E-state index in [1.54, 1.807) is 42.5 Å². The fourth-order valence-electron chi connectivity index (χ4n) is 2.56. The van der Waals surface area contributed by atoms with Crippen LogP contribution in [0, 0.1) is 5.82 Å². The molecule has 0 saturated heterocycles. The molecular formula is C23H17BrFN3O5. The van der Waals surface area contributed by atoms with Crippen LogP contribution >= 0.6 is 15.9 Å². The van der Waals surface area contributed by atoms with Crippen molar-refractivity contribution in [1.82, 2.24) is 5.43 Å². The Labute approximate surface area is 196 Å². The van der Waals surface area contributed by atoms with Gasteiger partial charge in [0, 0.05) is 4.47 Å². The molecule has 0 radical (unpaired) electrons. The molecule has 8 nitrogen and oxygen atoms in total. The molecule has 2 amide bonds. The van der Waals surface area contributed by atoms with E-state index in [4.69, 9.17) is 9.47 Å². The van der Waals surface area contributed by atoms with Gasteiger partial charge in [-0.1, -0.05) is 34.1 Å². The second kappa shape index (κ2) is 11.0. The van der Waals surface area contributed by atoms with Crippen molar-refractivity contribution in [2.45, 2.75) is 0 Å². The summed E-state index contributed by atoms with van der Waals surface area (Å²) in [7, 11) is 1.49. The molecule has 0 unspecified atom stereocenters. The lowest BCUT2D eigenvalue weighted by molar-refractivity contribution is -0.136. The summed E-state index contributed by atoms with van der Waals surface area (Å²) in [6.07, 6.45) is 1.26. The summed E-state index contributed by atoms with van der Waals surface area (Å²) in [6.45, 7) is 0. The van der Waals surface area contributed by atoms with Crippen molar-refractivity contribution in [2.75, 3.05) is 12.4 Å². The predicted molar refractivity (Wildman–Crippen MR) is 123 cm³/mol. The number of hydrogen-bond donors (Lipinski definition) is 2. The average molecular weight is 514 g/mol. The smallest absolute Gasteiger partial charge is 0.343 e. The summed E-state index contributed by atoms with van der Waals surface area (Å²) in [5.74, 6) is -2.68. The summed E-state index contributed by atoms with van der Waals surface area (Å²) < 4.78 is 24.7. The second-order valence-corrected chi connectivity index (χ2v) is 7.39. The van der Waals surface area contributed by atoms with E-state index in [1.165, 1.54) is 31.5 Å². The van der Waals surface area contributed by atoms with Crippen LogP contribution in [0.3, 0.4) is 0 Å². The maximum Gasteiger partial charge on any atom is 0.343 e. The van der Waals surface area contributed by atoms with E-state index in [0.717, 1.165) is 6.07 Å². The van der Waals surface area contributed by atoms with Gasteiger partial charge in [-0.25, -0.2) is 14.6 Å². The van der Waals surface area contributed by atoms with E-state index in [2.05, 4.69) is 26.3 Å². The molecule has 10 heteroatoms. The Morgan fingerprint density at radius 3 is 2.48 bits per heavy atom. The van der Waals surface area contributed by atoms with Crippen molar-refractivity contribution < 1.29 is 28.2 Å².